The Morgan fingerprint density at radius 3 is 2.42 bits per heavy atom. The van der Waals surface area contributed by atoms with Crippen molar-refractivity contribution in [2.75, 3.05) is 18.9 Å². The van der Waals surface area contributed by atoms with E-state index in [2.05, 4.69) is 30.6 Å². The van der Waals surface area contributed by atoms with E-state index >= 15 is 0 Å². The molecule has 11 unspecified atom stereocenters. The zero-order valence-corrected chi connectivity index (χ0v) is 24.7. The molecular formula is C20H26B2N10O11P2-2. The topological polar surface area (TPSA) is 282 Å². The van der Waals surface area contributed by atoms with Gasteiger partial charge in [-0.05, 0) is 0 Å². The highest BCUT2D eigenvalue weighted by Gasteiger charge is 2.54. The van der Waals surface area contributed by atoms with Crippen molar-refractivity contribution >= 4 is 59.3 Å². The molecule has 7 heterocycles. The Kier molecular flexibility index (Phi) is 7.82. The first-order chi connectivity index (χ1) is 21.3. The van der Waals surface area contributed by atoms with Crippen molar-refractivity contribution in [3.8, 4) is 0 Å². The van der Waals surface area contributed by atoms with Crippen molar-refractivity contribution in [3.05, 3.63) is 12.7 Å². The van der Waals surface area contributed by atoms with Gasteiger partial charge < -0.3 is 78.0 Å². The molecule has 0 saturated carbocycles. The van der Waals surface area contributed by atoms with Gasteiger partial charge in [0, 0.05) is 0 Å². The molecule has 4 fully saturated rings. The number of fused-ring (bicyclic) bond motifs is 5. The smallest absolute Gasteiger partial charge is 0.250 e. The molecule has 7 rings (SSSR count). The number of ether oxygens (including phenoxy) is 2. The number of hydrogen-bond donors (Lipinski definition) is 6. The summed E-state index contributed by atoms with van der Waals surface area (Å²) in [5.74, 6) is -0.392. The summed E-state index contributed by atoms with van der Waals surface area (Å²) >= 11 is 0. The fourth-order valence-electron chi connectivity index (χ4n) is 5.78. The Bertz CT molecular complexity index is 1620. The third kappa shape index (κ3) is 5.60. The van der Waals surface area contributed by atoms with E-state index in [0.717, 1.165) is 0 Å². The molecule has 5 aliphatic heterocycles. The molecule has 0 aliphatic carbocycles. The summed E-state index contributed by atoms with van der Waals surface area (Å²) < 4.78 is 62.0. The van der Waals surface area contributed by atoms with Gasteiger partial charge in [0.25, 0.3) is 5.91 Å². The first-order valence-electron chi connectivity index (χ1n) is 13.5. The number of aliphatic hydroxyl groups is 2. The van der Waals surface area contributed by atoms with Crippen LogP contribution in [0, 0.1) is 0 Å². The monoisotopic (exact) mass is 666 g/mol. The highest BCUT2D eigenvalue weighted by Crippen LogP contribution is 2.52. The summed E-state index contributed by atoms with van der Waals surface area (Å²) in [6.07, 6.45) is -9.28. The minimum atomic E-state index is -4.55. The van der Waals surface area contributed by atoms with Crippen LogP contribution >= 0.6 is 14.9 Å². The minimum absolute atomic E-state index is 0.0768. The number of aromatic nitrogens is 4. The van der Waals surface area contributed by atoms with Crippen LogP contribution in [-0.2, 0) is 41.5 Å². The van der Waals surface area contributed by atoms with Gasteiger partial charge in [0.05, 0.1) is 40.8 Å². The zero-order chi connectivity index (χ0) is 31.8. The number of rotatable bonds is 2. The largest absolute Gasteiger partial charge is 0.444 e. The quantitative estimate of drug-likeness (QED) is 0.132. The second kappa shape index (κ2) is 11.3. The number of nitrogens with zero attached hydrogens (tertiary/aromatic N) is 6. The fourth-order valence-corrected chi connectivity index (χ4v) is 7.78. The van der Waals surface area contributed by atoms with Crippen LogP contribution in [0.5, 0.6) is 0 Å². The normalized spacial score (nSPS) is 45.4. The van der Waals surface area contributed by atoms with Crippen molar-refractivity contribution in [2.24, 2.45) is 10.7 Å². The minimum Gasteiger partial charge on any atom is -0.444 e. The molecule has 5 aliphatic rings. The maximum atomic E-state index is 13.5. The number of imidazole rings is 1. The average Bonchev–Trinajstić information content (AvgIpc) is 3.72. The number of anilines is 1. The summed E-state index contributed by atoms with van der Waals surface area (Å²) in [4.78, 5) is 30.1. The number of aliphatic imine (C=N–C) groups is 1. The van der Waals surface area contributed by atoms with Gasteiger partial charge in [-0.1, -0.05) is 0 Å². The lowest BCUT2D eigenvalue weighted by Gasteiger charge is -2.40. The van der Waals surface area contributed by atoms with E-state index in [1.54, 1.807) is 0 Å². The summed E-state index contributed by atoms with van der Waals surface area (Å²) in [5.41, 5.74) is 12.2. The number of hydrogen-bond acceptors (Lipinski definition) is 19. The number of carbonyl (C=O) groups is 1. The molecule has 2 aromatic rings. The third-order valence-electron chi connectivity index (χ3n) is 7.85. The summed E-state index contributed by atoms with van der Waals surface area (Å²) in [6.45, 7) is -1.26. The molecule has 0 spiro atoms. The van der Waals surface area contributed by atoms with Gasteiger partial charge in [0.15, 0.2) is 30.0 Å². The molecule has 8 N–H and O–H groups in total. The maximum Gasteiger partial charge on any atom is 0.250 e. The van der Waals surface area contributed by atoms with E-state index in [9.17, 15) is 24.1 Å². The fraction of sp³-hybridized carbons (Fsp3) is 0.650. The van der Waals surface area contributed by atoms with Crippen LogP contribution < -0.4 is 22.1 Å². The van der Waals surface area contributed by atoms with Crippen molar-refractivity contribution in [1.29, 1.82) is 0 Å². The summed E-state index contributed by atoms with van der Waals surface area (Å²) in [6, 6.07) is -0.933. The molecule has 25 heteroatoms. The SMILES string of the molecule is [B-][P@]1(=O)OCC2OC(N3C=NC4C(=O)NC(N)NC43)C(O[P@@]([B-])(=O)OCC3OC(n4cnc5c(N)ncnc54)C(O)C3O1)C2O. The van der Waals surface area contributed by atoms with Crippen molar-refractivity contribution in [2.45, 2.75) is 67.6 Å². The number of nitrogen functional groups attached to an aromatic ring is 1. The van der Waals surface area contributed by atoms with Gasteiger partial charge in [-0.15, -0.1) is 0 Å². The molecule has 13 atom stereocenters. The van der Waals surface area contributed by atoms with Gasteiger partial charge in [-0.25, -0.2) is 15.0 Å². The van der Waals surface area contributed by atoms with Gasteiger partial charge in [0.1, 0.15) is 60.9 Å². The van der Waals surface area contributed by atoms with Crippen LogP contribution in [0.3, 0.4) is 0 Å². The van der Waals surface area contributed by atoms with Crippen molar-refractivity contribution in [3.63, 3.8) is 0 Å². The average molecular weight is 666 g/mol. The Labute approximate surface area is 256 Å². The van der Waals surface area contributed by atoms with Crippen LogP contribution in [0.15, 0.2) is 17.6 Å². The maximum absolute atomic E-state index is 13.5. The van der Waals surface area contributed by atoms with Gasteiger partial charge in [-0.2, -0.15) is 0 Å². The first kappa shape index (κ1) is 31.1. The van der Waals surface area contributed by atoms with Gasteiger partial charge in [-0.3, -0.25) is 25.4 Å². The molecule has 45 heavy (non-hydrogen) atoms. The predicted molar refractivity (Wildman–Crippen MR) is 150 cm³/mol. The molecule has 2 aromatic heterocycles. The molecule has 240 valence electrons. The first-order valence-corrected chi connectivity index (χ1v) is 16.7. The number of nitrogens with two attached hydrogens (primary N) is 2. The van der Waals surface area contributed by atoms with Crippen LogP contribution in [0.25, 0.3) is 11.2 Å². The molecule has 1 amide bonds. The standard InChI is InChI=1S/C20H26B2N10O11P2/c21-44(36)38-1-6-10(33)13(19(40-6)32-5-28-9-16(32)29-20(24)30-17(9)35)43-45(22,37)39-2-7-12(42-44)11(34)18(41-7)31-4-27-8-14(23)25-3-26-15(8)31/h3-7,9-13,16,18-20,29,33-34H,1-2,24H2,(H,30,35)(H2,23,25,26)/q-2/t6?,7?,9?,10?,11?,12?,13?,16?,18?,19?,20?,44-,45-/m0/s1. The number of carbonyl (C=O) groups excluding carboxylic acids is 1. The third-order valence-corrected chi connectivity index (χ3v) is 9.94. The van der Waals surface area contributed by atoms with Crippen molar-refractivity contribution < 1.29 is 51.7 Å². The lowest BCUT2D eigenvalue weighted by molar-refractivity contribution is -0.130. The lowest BCUT2D eigenvalue weighted by atomic mass is 10.1. The molecule has 21 nitrogen and oxygen atoms in total. The van der Waals surface area contributed by atoms with Crippen LogP contribution in [-0.4, -0.2) is 137 Å². The van der Waals surface area contributed by atoms with Gasteiger partial charge in [0.2, 0.25) is 0 Å². The second-order valence-electron chi connectivity index (χ2n) is 10.8. The van der Waals surface area contributed by atoms with E-state index in [1.807, 2.05) is 0 Å². The Morgan fingerprint density at radius 1 is 0.978 bits per heavy atom. The highest BCUT2D eigenvalue weighted by atomic mass is 31.2. The Balaban J connectivity index is 1.16. The number of amides is 1. The predicted octanol–water partition coefficient (Wildman–Crippen LogP) is -3.88. The zero-order valence-electron chi connectivity index (χ0n) is 23.0. The van der Waals surface area contributed by atoms with E-state index in [1.165, 1.54) is 28.5 Å². The van der Waals surface area contributed by atoms with Crippen molar-refractivity contribution in [1.82, 2.24) is 35.1 Å². The number of aliphatic hydroxyl groups excluding tert-OH is 2. The summed E-state index contributed by atoms with van der Waals surface area (Å²) in [5, 5.41) is 27.8. The molecule has 4 saturated heterocycles. The Morgan fingerprint density at radius 2 is 1.67 bits per heavy atom. The van der Waals surface area contributed by atoms with Crippen LogP contribution in [0.2, 0.25) is 0 Å². The molecular weight excluding hydrogens is 640 g/mol. The summed E-state index contributed by atoms with van der Waals surface area (Å²) in [7, 11) is 2.78. The molecule has 2 bridgehead atoms. The molecule has 6 radical (unpaired) electrons. The highest BCUT2D eigenvalue weighted by molar-refractivity contribution is 7.79. The van der Waals surface area contributed by atoms with E-state index in [0.29, 0.717) is 0 Å². The molecule has 0 aromatic carbocycles. The van der Waals surface area contributed by atoms with E-state index in [-0.39, 0.29) is 17.0 Å². The van der Waals surface area contributed by atoms with Crippen LogP contribution in [0.1, 0.15) is 6.23 Å². The number of nitrogens with one attached hydrogen (secondary N) is 2. The van der Waals surface area contributed by atoms with E-state index in [4.69, 9.17) is 54.2 Å². The van der Waals surface area contributed by atoms with E-state index < -0.39 is 102 Å². The van der Waals surface area contributed by atoms with Gasteiger partial charge >= 0.3 is 0 Å². The lowest BCUT2D eigenvalue weighted by Crippen LogP contribution is -2.70. The Hall–Kier alpha value is -2.52. The van der Waals surface area contributed by atoms with Crippen LogP contribution in [0.4, 0.5) is 5.82 Å². The second-order valence-corrected chi connectivity index (χ2v) is 13.9.